The summed E-state index contributed by atoms with van der Waals surface area (Å²) in [7, 11) is 0. The molecule has 0 radical (unpaired) electrons. The van der Waals surface area contributed by atoms with Crippen molar-refractivity contribution < 1.29 is 13.6 Å². The lowest BCUT2D eigenvalue weighted by Gasteiger charge is -2.25. The minimum atomic E-state index is -0.483. The zero-order chi connectivity index (χ0) is 20.2. The summed E-state index contributed by atoms with van der Waals surface area (Å²) in [4.78, 5) is 12.4. The van der Waals surface area contributed by atoms with Crippen LogP contribution in [-0.4, -0.2) is 26.4 Å². The van der Waals surface area contributed by atoms with Crippen molar-refractivity contribution in [2.75, 3.05) is 11.1 Å². The molecule has 29 heavy (non-hydrogen) atoms. The highest BCUT2D eigenvalue weighted by Gasteiger charge is 2.25. The molecule has 1 aliphatic carbocycles. The van der Waals surface area contributed by atoms with Gasteiger partial charge in [-0.05, 0) is 43.2 Å². The second-order valence-electron chi connectivity index (χ2n) is 6.91. The third-order valence-electron chi connectivity index (χ3n) is 4.88. The smallest absolute Gasteiger partial charge is 0.234 e. The van der Waals surface area contributed by atoms with E-state index in [9.17, 15) is 9.18 Å². The Labute approximate surface area is 180 Å². The topological polar surface area (TPSA) is 73.0 Å². The summed E-state index contributed by atoms with van der Waals surface area (Å²) in [5.74, 6) is 0.677. The van der Waals surface area contributed by atoms with Gasteiger partial charge in [-0.2, -0.15) is 0 Å². The first-order valence-electron chi connectivity index (χ1n) is 9.48. The Balaban J connectivity index is 1.50. The van der Waals surface area contributed by atoms with Gasteiger partial charge in [0.2, 0.25) is 11.7 Å². The summed E-state index contributed by atoms with van der Waals surface area (Å²) in [6, 6.07) is 8.50. The molecule has 0 bridgehead atoms. The molecule has 1 aromatic carbocycles. The first kappa shape index (κ1) is 20.2. The average Bonchev–Trinajstić information content (AvgIpc) is 3.38. The van der Waals surface area contributed by atoms with E-state index in [1.807, 2.05) is 12.1 Å². The zero-order valence-corrected chi connectivity index (χ0v) is 18.0. The van der Waals surface area contributed by atoms with E-state index in [4.69, 9.17) is 4.42 Å². The number of halogens is 2. The summed E-state index contributed by atoms with van der Waals surface area (Å²) >= 11 is 4.50. The highest BCUT2D eigenvalue weighted by Crippen LogP contribution is 2.35. The van der Waals surface area contributed by atoms with E-state index in [0.29, 0.717) is 21.2 Å². The number of carbonyl (C=O) groups is 1. The molecule has 1 N–H and O–H groups in total. The molecule has 3 aromatic rings. The van der Waals surface area contributed by atoms with Crippen molar-refractivity contribution in [1.29, 1.82) is 0 Å². The van der Waals surface area contributed by atoms with Gasteiger partial charge in [-0.25, -0.2) is 4.39 Å². The molecule has 1 saturated carbocycles. The van der Waals surface area contributed by atoms with Crippen LogP contribution in [0.2, 0.25) is 0 Å². The number of furan rings is 1. The lowest BCUT2D eigenvalue weighted by atomic mass is 9.95. The quantitative estimate of drug-likeness (QED) is 0.461. The number of amides is 1. The van der Waals surface area contributed by atoms with Gasteiger partial charge in [0.05, 0.1) is 17.7 Å². The molecular weight excluding hydrogens is 459 g/mol. The monoisotopic (exact) mass is 478 g/mol. The number of rotatable bonds is 6. The van der Waals surface area contributed by atoms with Crippen LogP contribution in [0.1, 0.15) is 38.1 Å². The van der Waals surface area contributed by atoms with E-state index in [2.05, 4.69) is 36.0 Å². The van der Waals surface area contributed by atoms with Crippen molar-refractivity contribution in [1.82, 2.24) is 14.8 Å². The van der Waals surface area contributed by atoms with E-state index in [1.165, 1.54) is 30.3 Å². The fourth-order valence-electron chi connectivity index (χ4n) is 3.52. The molecule has 4 rings (SSSR count). The van der Waals surface area contributed by atoms with Crippen LogP contribution in [0.25, 0.3) is 11.6 Å². The summed E-state index contributed by atoms with van der Waals surface area (Å²) in [6.07, 6.45) is 7.27. The number of thioether (sulfide) groups is 1. The molecule has 0 saturated heterocycles. The molecule has 2 heterocycles. The molecule has 0 aliphatic heterocycles. The second kappa shape index (κ2) is 9.13. The van der Waals surface area contributed by atoms with Crippen LogP contribution in [0.15, 0.2) is 50.6 Å². The molecular formula is C20H20BrFN4O2S. The molecule has 1 fully saturated rings. The van der Waals surface area contributed by atoms with E-state index in [0.717, 1.165) is 25.7 Å². The largest absolute Gasteiger partial charge is 0.461 e. The van der Waals surface area contributed by atoms with Gasteiger partial charge in [0.25, 0.3) is 0 Å². The Kier molecular flexibility index (Phi) is 6.34. The molecule has 0 unspecified atom stereocenters. The molecule has 0 spiro atoms. The van der Waals surface area contributed by atoms with Gasteiger partial charge in [-0.3, -0.25) is 9.36 Å². The minimum absolute atomic E-state index is 0.110. The third kappa shape index (κ3) is 4.72. The van der Waals surface area contributed by atoms with Crippen LogP contribution >= 0.6 is 27.7 Å². The highest BCUT2D eigenvalue weighted by atomic mass is 79.9. The van der Waals surface area contributed by atoms with Gasteiger partial charge >= 0.3 is 0 Å². The van der Waals surface area contributed by atoms with Crippen LogP contribution in [0.4, 0.5) is 10.1 Å². The van der Waals surface area contributed by atoms with Gasteiger partial charge in [0.15, 0.2) is 10.9 Å². The van der Waals surface area contributed by atoms with Crippen LogP contribution in [-0.2, 0) is 4.79 Å². The van der Waals surface area contributed by atoms with Crippen molar-refractivity contribution in [2.45, 2.75) is 43.3 Å². The number of carbonyl (C=O) groups excluding carboxylic acids is 1. The van der Waals surface area contributed by atoms with Gasteiger partial charge < -0.3 is 9.73 Å². The minimum Gasteiger partial charge on any atom is -0.461 e. The maximum Gasteiger partial charge on any atom is 0.234 e. The van der Waals surface area contributed by atoms with Crippen LogP contribution in [0, 0.1) is 5.82 Å². The molecule has 2 aromatic heterocycles. The van der Waals surface area contributed by atoms with Crippen molar-refractivity contribution >= 4 is 39.3 Å². The third-order valence-corrected chi connectivity index (χ3v) is 6.32. The number of nitrogens with one attached hydrogen (secondary N) is 1. The number of hydrogen-bond acceptors (Lipinski definition) is 5. The predicted molar refractivity (Wildman–Crippen MR) is 113 cm³/mol. The molecule has 6 nitrogen and oxygen atoms in total. The second-order valence-corrected chi connectivity index (χ2v) is 8.76. The molecule has 1 amide bonds. The SMILES string of the molecule is O=C(CSc1nnc(-c2ccco2)n1C1CCCCC1)Nc1ccc(Br)cc1F. The normalized spacial score (nSPS) is 14.8. The maximum absolute atomic E-state index is 14.0. The van der Waals surface area contributed by atoms with Gasteiger partial charge in [0, 0.05) is 10.5 Å². The van der Waals surface area contributed by atoms with E-state index < -0.39 is 5.82 Å². The van der Waals surface area contributed by atoms with E-state index in [-0.39, 0.29) is 23.4 Å². The van der Waals surface area contributed by atoms with E-state index >= 15 is 0 Å². The van der Waals surface area contributed by atoms with Gasteiger partial charge in [0.1, 0.15) is 5.82 Å². The van der Waals surface area contributed by atoms with Crippen molar-refractivity contribution in [3.8, 4) is 11.6 Å². The summed E-state index contributed by atoms with van der Waals surface area (Å²) in [5, 5.41) is 11.9. The maximum atomic E-state index is 14.0. The van der Waals surface area contributed by atoms with Crippen LogP contribution in [0.5, 0.6) is 0 Å². The Morgan fingerprint density at radius 3 is 2.83 bits per heavy atom. The molecule has 152 valence electrons. The fourth-order valence-corrected chi connectivity index (χ4v) is 4.66. The van der Waals surface area contributed by atoms with E-state index in [1.54, 1.807) is 12.3 Å². The first-order valence-corrected chi connectivity index (χ1v) is 11.3. The number of nitrogens with zero attached hydrogens (tertiary/aromatic N) is 3. The number of benzene rings is 1. The molecule has 0 atom stereocenters. The average molecular weight is 479 g/mol. The number of anilines is 1. The number of hydrogen-bond donors (Lipinski definition) is 1. The summed E-state index contributed by atoms with van der Waals surface area (Å²) in [5.41, 5.74) is 0.156. The lowest BCUT2D eigenvalue weighted by molar-refractivity contribution is -0.113. The fraction of sp³-hybridized carbons (Fsp3) is 0.350. The first-order chi connectivity index (χ1) is 14.1. The Morgan fingerprint density at radius 2 is 2.10 bits per heavy atom. The number of aromatic nitrogens is 3. The van der Waals surface area contributed by atoms with Crippen LogP contribution < -0.4 is 5.32 Å². The molecule has 1 aliphatic rings. The Morgan fingerprint density at radius 1 is 1.28 bits per heavy atom. The zero-order valence-electron chi connectivity index (χ0n) is 15.6. The van der Waals surface area contributed by atoms with Crippen molar-refractivity contribution in [3.63, 3.8) is 0 Å². The van der Waals surface area contributed by atoms with Crippen molar-refractivity contribution in [2.24, 2.45) is 0 Å². The van der Waals surface area contributed by atoms with Crippen LogP contribution in [0.3, 0.4) is 0 Å². The Bertz CT molecular complexity index is 987. The van der Waals surface area contributed by atoms with Gasteiger partial charge in [-0.15, -0.1) is 10.2 Å². The molecule has 9 heteroatoms. The van der Waals surface area contributed by atoms with Crippen molar-refractivity contribution in [3.05, 3.63) is 46.9 Å². The highest BCUT2D eigenvalue weighted by molar-refractivity contribution is 9.10. The summed E-state index contributed by atoms with van der Waals surface area (Å²) < 4.78 is 22.2. The van der Waals surface area contributed by atoms with Gasteiger partial charge in [-0.1, -0.05) is 47.0 Å². The predicted octanol–water partition coefficient (Wildman–Crippen LogP) is 5.68. The summed E-state index contributed by atoms with van der Waals surface area (Å²) in [6.45, 7) is 0. The lowest BCUT2D eigenvalue weighted by Crippen LogP contribution is -2.17. The Hall–Kier alpha value is -2.13. The standard InChI is InChI=1S/C20H20BrFN4O2S/c21-13-8-9-16(15(22)11-13)23-18(27)12-29-20-25-24-19(17-7-4-10-28-17)26(20)14-5-2-1-3-6-14/h4,7-11,14H,1-3,5-6,12H2,(H,23,27).